The van der Waals surface area contributed by atoms with Crippen molar-refractivity contribution in [3.8, 4) is 16.9 Å². The van der Waals surface area contributed by atoms with Gasteiger partial charge in [-0.3, -0.25) is 0 Å². The topological polar surface area (TPSA) is 9.23 Å². The van der Waals surface area contributed by atoms with Crippen LogP contribution in [0.15, 0.2) is 65.9 Å². The molecule has 0 N–H and O–H groups in total. The van der Waals surface area contributed by atoms with E-state index in [9.17, 15) is 74.6 Å². The fourth-order valence-electron chi connectivity index (χ4n) is 3.15. The molecule has 0 atom stereocenters. The van der Waals surface area contributed by atoms with E-state index < -0.39 is 59.3 Å². The molecule has 2 aromatic rings. The van der Waals surface area contributed by atoms with Gasteiger partial charge in [-0.15, -0.1) is 0 Å². The first-order chi connectivity index (χ1) is 17.3. The van der Waals surface area contributed by atoms with Crippen molar-refractivity contribution in [1.29, 1.82) is 0 Å². The second-order valence-corrected chi connectivity index (χ2v) is 7.50. The number of alkyl halides is 17. The summed E-state index contributed by atoms with van der Waals surface area (Å²) >= 11 is 0. The van der Waals surface area contributed by atoms with Crippen molar-refractivity contribution in [3.05, 3.63) is 65.9 Å². The molecule has 2 aromatic carbocycles. The molecule has 0 aromatic heterocycles. The van der Waals surface area contributed by atoms with E-state index in [4.69, 9.17) is 0 Å². The fourth-order valence-corrected chi connectivity index (χ4v) is 3.15. The van der Waals surface area contributed by atoms with E-state index in [1.165, 1.54) is 30.3 Å². The fraction of sp³-hybridized carbons (Fsp3) is 0.333. The number of benzene rings is 2. The molecule has 0 aliphatic carbocycles. The van der Waals surface area contributed by atoms with Crippen molar-refractivity contribution in [3.63, 3.8) is 0 Å². The highest BCUT2D eigenvalue weighted by Gasteiger charge is 2.88. The van der Waals surface area contributed by atoms with Gasteiger partial charge < -0.3 is 4.74 Å². The maximum Gasteiger partial charge on any atom is 0.449 e. The van der Waals surface area contributed by atoms with Crippen LogP contribution in [0, 0.1) is 0 Å². The zero-order valence-corrected chi connectivity index (χ0v) is 18.0. The smallest absolute Gasteiger partial charge is 0.449 e. The molecule has 0 aliphatic heterocycles. The van der Waals surface area contributed by atoms with Crippen molar-refractivity contribution in [2.45, 2.75) is 42.2 Å². The summed E-state index contributed by atoms with van der Waals surface area (Å²) in [7, 11) is 0. The second kappa shape index (κ2) is 9.76. The van der Waals surface area contributed by atoms with Crippen LogP contribution in [0.25, 0.3) is 11.1 Å². The van der Waals surface area contributed by atoms with Gasteiger partial charge in [0.25, 0.3) is 0 Å². The Labute approximate surface area is 205 Å². The summed E-state index contributed by atoms with van der Waals surface area (Å²) in [5, 5.41) is 0. The standard InChI is InChI=1S/C21H9F17O/c22-15(18(27,28)29,19(30,31)32)13(16(23,20(33,34)35)21(36,37)38)14(17(24,25)26)39-12-8-6-11(7-9-12)10-4-2-1-3-5-10/h1-9H. The van der Waals surface area contributed by atoms with Crippen molar-refractivity contribution in [1.82, 2.24) is 0 Å². The van der Waals surface area contributed by atoms with Gasteiger partial charge in [0, 0.05) is 0 Å². The lowest BCUT2D eigenvalue weighted by Gasteiger charge is -2.41. The molecule has 0 saturated heterocycles. The Morgan fingerprint density at radius 3 is 1.08 bits per heavy atom. The summed E-state index contributed by atoms with van der Waals surface area (Å²) in [6.07, 6.45) is -39.4. The summed E-state index contributed by atoms with van der Waals surface area (Å²) in [4.78, 5) is 0. The van der Waals surface area contributed by atoms with E-state index in [1.807, 2.05) is 0 Å². The minimum Gasteiger partial charge on any atom is -0.452 e. The molecule has 18 heteroatoms. The first-order valence-corrected chi connectivity index (χ1v) is 9.60. The summed E-state index contributed by atoms with van der Waals surface area (Å²) in [5.41, 5.74) is -21.6. The molecule has 2 rings (SSSR count). The number of allylic oxidation sites excluding steroid dienone is 2. The van der Waals surface area contributed by atoms with Crippen LogP contribution in [0.4, 0.5) is 74.6 Å². The quantitative estimate of drug-likeness (QED) is 0.246. The number of rotatable bonds is 5. The molecule has 0 heterocycles. The molecule has 0 unspecified atom stereocenters. The highest BCUT2D eigenvalue weighted by Crippen LogP contribution is 2.63. The van der Waals surface area contributed by atoms with Crippen molar-refractivity contribution in [2.24, 2.45) is 0 Å². The lowest BCUT2D eigenvalue weighted by atomic mass is 9.79. The Kier molecular flexibility index (Phi) is 8.01. The highest BCUT2D eigenvalue weighted by atomic mass is 19.4. The molecule has 39 heavy (non-hydrogen) atoms. The minimum absolute atomic E-state index is 0.0524. The van der Waals surface area contributed by atoms with Crippen molar-refractivity contribution >= 4 is 0 Å². The van der Waals surface area contributed by atoms with E-state index in [0.29, 0.717) is 0 Å². The average Bonchev–Trinajstić information content (AvgIpc) is 2.75. The normalized spacial score (nSPS) is 14.3. The Morgan fingerprint density at radius 1 is 0.436 bits per heavy atom. The average molecular weight is 600 g/mol. The second-order valence-electron chi connectivity index (χ2n) is 7.50. The van der Waals surface area contributed by atoms with E-state index in [1.54, 1.807) is 0 Å². The van der Waals surface area contributed by atoms with Crippen molar-refractivity contribution < 1.29 is 79.4 Å². The molecule has 0 radical (unpaired) electrons. The summed E-state index contributed by atoms with van der Waals surface area (Å²) in [5.74, 6) is -6.15. The van der Waals surface area contributed by atoms with Crippen LogP contribution < -0.4 is 4.74 Å². The molecule has 0 bridgehead atoms. The summed E-state index contributed by atoms with van der Waals surface area (Å²) < 4.78 is 233. The Hall–Kier alpha value is -3.21. The number of ether oxygens (including phenoxy) is 1. The van der Waals surface area contributed by atoms with Crippen LogP contribution in [0.3, 0.4) is 0 Å². The largest absolute Gasteiger partial charge is 0.452 e. The van der Waals surface area contributed by atoms with Gasteiger partial charge in [0.2, 0.25) is 5.76 Å². The van der Waals surface area contributed by atoms with Crippen LogP contribution in [0.2, 0.25) is 0 Å². The van der Waals surface area contributed by atoms with E-state index in [2.05, 4.69) is 4.74 Å². The van der Waals surface area contributed by atoms with Gasteiger partial charge in [0.15, 0.2) is 0 Å². The zero-order valence-electron chi connectivity index (χ0n) is 18.0. The molecule has 1 nitrogen and oxygen atoms in total. The SMILES string of the molecule is FC(F)(F)C(Oc1ccc(-c2ccccc2)cc1)=C(C(F)(C(F)(F)F)C(F)(F)F)C(F)(C(F)(F)F)C(F)(F)F. The van der Waals surface area contributed by atoms with Gasteiger partial charge in [-0.2, -0.15) is 65.9 Å². The van der Waals surface area contributed by atoms with Gasteiger partial charge in [-0.05, 0) is 23.3 Å². The molecule has 0 saturated carbocycles. The third-order valence-corrected chi connectivity index (χ3v) is 4.92. The maximum absolute atomic E-state index is 14.7. The summed E-state index contributed by atoms with van der Waals surface area (Å²) in [6.45, 7) is 0. The third kappa shape index (κ3) is 5.73. The molecule has 0 amide bonds. The lowest BCUT2D eigenvalue weighted by molar-refractivity contribution is -0.365. The minimum atomic E-state index is -8.21. The van der Waals surface area contributed by atoms with Gasteiger partial charge >= 0.3 is 42.2 Å². The van der Waals surface area contributed by atoms with Crippen LogP contribution in [0.1, 0.15) is 0 Å². The van der Waals surface area contributed by atoms with E-state index in [-0.39, 0.29) is 23.3 Å². The maximum atomic E-state index is 14.7. The Morgan fingerprint density at radius 2 is 0.769 bits per heavy atom. The van der Waals surface area contributed by atoms with E-state index in [0.717, 1.165) is 12.1 Å². The van der Waals surface area contributed by atoms with Crippen LogP contribution in [0.5, 0.6) is 5.75 Å². The molecule has 0 fully saturated rings. The van der Waals surface area contributed by atoms with Crippen LogP contribution in [-0.4, -0.2) is 42.2 Å². The first-order valence-electron chi connectivity index (χ1n) is 9.60. The highest BCUT2D eigenvalue weighted by molar-refractivity contribution is 5.64. The predicted molar refractivity (Wildman–Crippen MR) is 97.5 cm³/mol. The van der Waals surface area contributed by atoms with Gasteiger partial charge in [0.1, 0.15) is 5.75 Å². The Bertz CT molecular complexity index is 1100. The molecule has 0 aliphatic rings. The van der Waals surface area contributed by atoms with Crippen molar-refractivity contribution in [2.75, 3.05) is 0 Å². The molecular weight excluding hydrogens is 591 g/mol. The lowest BCUT2D eigenvalue weighted by Crippen LogP contribution is -2.67. The predicted octanol–water partition coefficient (Wildman–Crippen LogP) is 9.21. The van der Waals surface area contributed by atoms with E-state index >= 15 is 0 Å². The molecule has 218 valence electrons. The number of halogens is 17. The number of hydrogen-bond donors (Lipinski definition) is 0. The third-order valence-electron chi connectivity index (χ3n) is 4.92. The van der Waals surface area contributed by atoms with Gasteiger partial charge in [-0.1, -0.05) is 42.5 Å². The molecular formula is C21H9F17O. The van der Waals surface area contributed by atoms with Gasteiger partial charge in [-0.25, -0.2) is 8.78 Å². The Balaban J connectivity index is 3.06. The van der Waals surface area contributed by atoms with Crippen LogP contribution in [-0.2, 0) is 0 Å². The monoisotopic (exact) mass is 600 g/mol. The number of hydrogen-bond acceptors (Lipinski definition) is 1. The first kappa shape index (κ1) is 32.0. The molecule has 0 spiro atoms. The summed E-state index contributed by atoms with van der Waals surface area (Å²) in [6, 6.07) is 9.14. The van der Waals surface area contributed by atoms with Gasteiger partial charge in [0.05, 0.1) is 5.57 Å². The zero-order chi connectivity index (χ0) is 30.5. The van der Waals surface area contributed by atoms with Crippen LogP contribution >= 0.6 is 0 Å².